The maximum absolute atomic E-state index is 12.1. The number of aliphatic imine (C=N–C) groups is 1. The van der Waals surface area contributed by atoms with Crippen LogP contribution in [0.15, 0.2) is 29.3 Å². The fourth-order valence-corrected chi connectivity index (χ4v) is 4.18. The van der Waals surface area contributed by atoms with Crippen LogP contribution in [0, 0.1) is 0 Å². The van der Waals surface area contributed by atoms with Crippen LogP contribution >= 0.6 is 24.0 Å². The van der Waals surface area contributed by atoms with E-state index in [0.29, 0.717) is 31.8 Å². The van der Waals surface area contributed by atoms with E-state index in [1.165, 1.54) is 0 Å². The van der Waals surface area contributed by atoms with Crippen molar-refractivity contribution >= 4 is 41.8 Å². The summed E-state index contributed by atoms with van der Waals surface area (Å²) in [4.78, 5) is 32.6. The van der Waals surface area contributed by atoms with Crippen molar-refractivity contribution in [1.29, 1.82) is 0 Å². The van der Waals surface area contributed by atoms with E-state index in [2.05, 4.69) is 35.8 Å². The van der Waals surface area contributed by atoms with Crippen molar-refractivity contribution in [2.75, 3.05) is 32.7 Å². The van der Waals surface area contributed by atoms with Crippen LogP contribution in [0.4, 0.5) is 0 Å². The fourth-order valence-electron chi connectivity index (χ4n) is 4.18. The number of rotatable bonds is 9. The molecule has 0 atom stereocenters. The van der Waals surface area contributed by atoms with E-state index in [4.69, 9.17) is 4.99 Å². The number of nitrogens with zero attached hydrogens (tertiary/aromatic N) is 3. The van der Waals surface area contributed by atoms with Gasteiger partial charge >= 0.3 is 0 Å². The van der Waals surface area contributed by atoms with E-state index in [-0.39, 0.29) is 29.9 Å². The molecule has 0 saturated carbocycles. The van der Waals surface area contributed by atoms with Crippen LogP contribution in [-0.2, 0) is 22.7 Å². The van der Waals surface area contributed by atoms with Crippen molar-refractivity contribution in [3.8, 4) is 0 Å². The van der Waals surface area contributed by atoms with Crippen molar-refractivity contribution in [3.63, 3.8) is 0 Å². The number of hydrogen-bond donors (Lipinski definition) is 2. The second kappa shape index (κ2) is 14.3. The first-order chi connectivity index (χ1) is 15.2. The third-order valence-electron chi connectivity index (χ3n) is 5.87. The summed E-state index contributed by atoms with van der Waals surface area (Å²) in [5.41, 5.74) is 2.29. The first kappa shape index (κ1) is 26.4. The predicted molar refractivity (Wildman–Crippen MR) is 139 cm³/mol. The van der Waals surface area contributed by atoms with Gasteiger partial charge in [-0.2, -0.15) is 0 Å². The molecule has 2 fully saturated rings. The molecule has 2 N–H and O–H groups in total. The molecule has 0 aliphatic carbocycles. The van der Waals surface area contributed by atoms with Crippen molar-refractivity contribution in [3.05, 3.63) is 35.4 Å². The summed E-state index contributed by atoms with van der Waals surface area (Å²) >= 11 is 0. The Bertz CT molecular complexity index is 771. The minimum atomic E-state index is 0. The number of likely N-dealkylation sites (tertiary alicyclic amines) is 2. The molecule has 3 rings (SSSR count). The lowest BCUT2D eigenvalue weighted by Crippen LogP contribution is -2.39. The smallest absolute Gasteiger partial charge is 0.222 e. The Labute approximate surface area is 209 Å². The number of amides is 2. The molecule has 2 heterocycles. The molecule has 0 aromatic heterocycles. The summed E-state index contributed by atoms with van der Waals surface area (Å²) in [7, 11) is 0. The minimum absolute atomic E-state index is 0. The molecule has 178 valence electrons. The lowest BCUT2D eigenvalue weighted by Gasteiger charge is -2.20. The van der Waals surface area contributed by atoms with E-state index in [0.717, 1.165) is 81.9 Å². The van der Waals surface area contributed by atoms with Crippen molar-refractivity contribution in [1.82, 2.24) is 20.4 Å². The summed E-state index contributed by atoms with van der Waals surface area (Å²) in [6.07, 6.45) is 6.56. The van der Waals surface area contributed by atoms with Gasteiger partial charge in [-0.3, -0.25) is 9.59 Å². The highest BCUT2D eigenvalue weighted by atomic mass is 127. The van der Waals surface area contributed by atoms with Crippen LogP contribution in [0.25, 0.3) is 0 Å². The van der Waals surface area contributed by atoms with Crippen molar-refractivity contribution < 1.29 is 9.59 Å². The van der Waals surface area contributed by atoms with E-state index in [1.54, 1.807) is 0 Å². The molecule has 8 heteroatoms. The van der Waals surface area contributed by atoms with Crippen LogP contribution in [-0.4, -0.2) is 60.3 Å². The van der Waals surface area contributed by atoms with Gasteiger partial charge in [-0.15, -0.1) is 24.0 Å². The normalized spacial score (nSPS) is 17.2. The van der Waals surface area contributed by atoms with Gasteiger partial charge in [-0.25, -0.2) is 4.99 Å². The van der Waals surface area contributed by atoms with Crippen LogP contribution in [0.5, 0.6) is 0 Å². The zero-order valence-electron chi connectivity index (χ0n) is 19.3. The van der Waals surface area contributed by atoms with Gasteiger partial charge in [0.1, 0.15) is 0 Å². The first-order valence-corrected chi connectivity index (χ1v) is 11.8. The highest BCUT2D eigenvalue weighted by molar-refractivity contribution is 14.0. The van der Waals surface area contributed by atoms with Gasteiger partial charge in [0.15, 0.2) is 5.96 Å². The Morgan fingerprint density at radius 2 is 1.72 bits per heavy atom. The lowest BCUT2D eigenvalue weighted by molar-refractivity contribution is -0.130. The summed E-state index contributed by atoms with van der Waals surface area (Å²) in [6.45, 7) is 7.47. The third-order valence-corrected chi connectivity index (χ3v) is 5.87. The number of carbonyl (C=O) groups excluding carboxylic acids is 2. The van der Waals surface area contributed by atoms with E-state index < -0.39 is 0 Å². The Kier molecular flexibility index (Phi) is 11.8. The second-order valence-corrected chi connectivity index (χ2v) is 8.41. The fraction of sp³-hybridized carbons (Fsp3) is 0.625. The molecule has 1 aromatic carbocycles. The molecule has 0 radical (unpaired) electrons. The number of halogens is 1. The van der Waals surface area contributed by atoms with Crippen molar-refractivity contribution in [2.24, 2.45) is 4.99 Å². The number of benzene rings is 1. The van der Waals surface area contributed by atoms with Gasteiger partial charge in [0.05, 0.1) is 6.54 Å². The number of guanidine groups is 1. The number of carbonyl (C=O) groups is 2. The molecule has 0 bridgehead atoms. The molecule has 2 aliphatic heterocycles. The molecular weight excluding hydrogens is 517 g/mol. The summed E-state index contributed by atoms with van der Waals surface area (Å²) < 4.78 is 0. The monoisotopic (exact) mass is 555 g/mol. The van der Waals surface area contributed by atoms with Gasteiger partial charge in [0.25, 0.3) is 0 Å². The largest absolute Gasteiger partial charge is 0.357 e. The van der Waals surface area contributed by atoms with Crippen LogP contribution < -0.4 is 10.6 Å². The Balaban J connectivity index is 0.00000363. The Morgan fingerprint density at radius 1 is 0.969 bits per heavy atom. The SMILES string of the molecule is CCNC(=NCc1cccc(CN2CCCC2=O)c1)NCCCN1CCCCCC1=O.I. The Morgan fingerprint density at radius 3 is 2.50 bits per heavy atom. The maximum Gasteiger partial charge on any atom is 0.222 e. The second-order valence-electron chi connectivity index (χ2n) is 8.41. The van der Waals surface area contributed by atoms with Crippen LogP contribution in [0.2, 0.25) is 0 Å². The van der Waals surface area contributed by atoms with E-state index >= 15 is 0 Å². The molecule has 32 heavy (non-hydrogen) atoms. The zero-order valence-corrected chi connectivity index (χ0v) is 21.6. The minimum Gasteiger partial charge on any atom is -0.357 e. The maximum atomic E-state index is 12.1. The highest BCUT2D eigenvalue weighted by Crippen LogP contribution is 2.15. The molecule has 7 nitrogen and oxygen atoms in total. The summed E-state index contributed by atoms with van der Waals surface area (Å²) in [5.74, 6) is 1.35. The quantitative estimate of drug-likeness (QED) is 0.212. The average molecular weight is 556 g/mol. The molecule has 0 unspecified atom stereocenters. The molecule has 2 amide bonds. The van der Waals surface area contributed by atoms with Crippen molar-refractivity contribution in [2.45, 2.75) is 65.0 Å². The summed E-state index contributed by atoms with van der Waals surface area (Å²) in [6, 6.07) is 8.34. The molecule has 2 aliphatic rings. The molecule has 0 spiro atoms. The standard InChI is InChI=1S/C24H37N5O2.HI/c1-2-25-24(26-13-8-16-28-14-5-3-4-11-22(28)30)27-18-20-9-6-10-21(17-20)19-29-15-7-12-23(29)31;/h6,9-10,17H,2-5,7-8,11-16,18-19H2,1H3,(H2,25,26,27);1H. The number of nitrogens with one attached hydrogen (secondary N) is 2. The zero-order chi connectivity index (χ0) is 21.9. The predicted octanol–water partition coefficient (Wildman–Crippen LogP) is 3.27. The summed E-state index contributed by atoms with van der Waals surface area (Å²) in [5, 5.41) is 6.68. The van der Waals surface area contributed by atoms with Gasteiger partial charge in [0.2, 0.25) is 11.8 Å². The van der Waals surface area contributed by atoms with Crippen LogP contribution in [0.1, 0.15) is 63.0 Å². The van der Waals surface area contributed by atoms with Gasteiger partial charge in [-0.05, 0) is 43.7 Å². The topological polar surface area (TPSA) is 77.0 Å². The van der Waals surface area contributed by atoms with Gasteiger partial charge in [-0.1, -0.05) is 30.7 Å². The van der Waals surface area contributed by atoms with Gasteiger partial charge in [0, 0.05) is 52.1 Å². The molecule has 1 aromatic rings. The Hall–Kier alpha value is -1.84. The van der Waals surface area contributed by atoms with E-state index in [9.17, 15) is 9.59 Å². The number of hydrogen-bond acceptors (Lipinski definition) is 3. The van der Waals surface area contributed by atoms with Gasteiger partial charge < -0.3 is 20.4 Å². The molecular formula is C24H38IN5O2. The third kappa shape index (κ3) is 8.60. The highest BCUT2D eigenvalue weighted by Gasteiger charge is 2.20. The van der Waals surface area contributed by atoms with E-state index in [1.807, 2.05) is 15.9 Å². The lowest BCUT2D eigenvalue weighted by atomic mass is 10.1. The first-order valence-electron chi connectivity index (χ1n) is 11.8. The molecule has 2 saturated heterocycles. The van der Waals surface area contributed by atoms with Crippen LogP contribution in [0.3, 0.4) is 0 Å². The average Bonchev–Trinajstić information content (AvgIpc) is 3.05.